The van der Waals surface area contributed by atoms with Gasteiger partial charge in [-0.05, 0) is 25.1 Å². The van der Waals surface area contributed by atoms with Crippen LogP contribution in [0, 0.1) is 5.41 Å². The summed E-state index contributed by atoms with van der Waals surface area (Å²) in [5.74, 6) is 0.415. The molecule has 19 heavy (non-hydrogen) atoms. The highest BCUT2D eigenvalue weighted by Gasteiger charge is 2.10. The van der Waals surface area contributed by atoms with Crippen molar-refractivity contribution in [2.45, 2.75) is 13.5 Å². The van der Waals surface area contributed by atoms with Gasteiger partial charge < -0.3 is 14.0 Å². The van der Waals surface area contributed by atoms with Crippen LogP contribution in [0.25, 0.3) is 10.2 Å². The summed E-state index contributed by atoms with van der Waals surface area (Å²) in [5, 5.41) is 7.89. The molecule has 1 N–H and O–H groups in total. The molecule has 0 bridgehead atoms. The summed E-state index contributed by atoms with van der Waals surface area (Å²) in [4.78, 5) is 11.8. The Morgan fingerprint density at radius 3 is 2.84 bits per heavy atom. The molecule has 1 aromatic heterocycles. The van der Waals surface area contributed by atoms with Gasteiger partial charge in [0.2, 0.25) is 0 Å². The summed E-state index contributed by atoms with van der Waals surface area (Å²) in [6, 6.07) is 5.53. The molecule has 0 unspecified atom stereocenters. The maximum Gasteiger partial charge on any atom is 0.326 e. The van der Waals surface area contributed by atoms with E-state index in [0.717, 1.165) is 16.0 Å². The molecule has 0 aliphatic carbocycles. The lowest BCUT2D eigenvalue weighted by Gasteiger charge is -2.05. The molecular formula is C12H15BrN2O3S. The maximum atomic E-state index is 11.5. The van der Waals surface area contributed by atoms with Crippen LogP contribution in [0.5, 0.6) is 5.75 Å². The third-order valence-electron chi connectivity index (χ3n) is 2.50. The third-order valence-corrected chi connectivity index (χ3v) is 3.46. The van der Waals surface area contributed by atoms with E-state index in [0.29, 0.717) is 11.4 Å². The number of thiazole rings is 1. The molecule has 104 valence electrons. The highest BCUT2D eigenvalue weighted by atomic mass is 79.9. The largest absolute Gasteiger partial charge is 0.497 e. The molecule has 0 saturated heterocycles. The van der Waals surface area contributed by atoms with E-state index < -0.39 is 0 Å². The van der Waals surface area contributed by atoms with Gasteiger partial charge in [-0.2, -0.15) is 0 Å². The second-order valence-corrected chi connectivity index (χ2v) is 4.66. The van der Waals surface area contributed by atoms with Gasteiger partial charge in [-0.15, -0.1) is 17.0 Å². The summed E-state index contributed by atoms with van der Waals surface area (Å²) < 4.78 is 12.6. The molecule has 1 aromatic carbocycles. The fourth-order valence-corrected chi connectivity index (χ4v) is 2.63. The first-order valence-corrected chi connectivity index (χ1v) is 6.35. The van der Waals surface area contributed by atoms with Gasteiger partial charge >= 0.3 is 5.97 Å². The molecule has 1 heterocycles. The Morgan fingerprint density at radius 2 is 2.21 bits per heavy atom. The second-order valence-electron chi connectivity index (χ2n) is 3.63. The fraction of sp³-hybridized carbons (Fsp3) is 0.333. The van der Waals surface area contributed by atoms with Crippen LogP contribution in [0.1, 0.15) is 6.92 Å². The van der Waals surface area contributed by atoms with Crippen molar-refractivity contribution in [1.29, 1.82) is 5.41 Å². The lowest BCUT2D eigenvalue weighted by atomic mass is 10.3. The van der Waals surface area contributed by atoms with Crippen LogP contribution < -0.4 is 9.54 Å². The topological polar surface area (TPSA) is 64.3 Å². The van der Waals surface area contributed by atoms with Crippen molar-refractivity contribution in [1.82, 2.24) is 4.57 Å². The van der Waals surface area contributed by atoms with Crippen molar-refractivity contribution in [3.63, 3.8) is 0 Å². The number of aromatic nitrogens is 1. The molecule has 2 rings (SSSR count). The minimum atomic E-state index is -0.327. The summed E-state index contributed by atoms with van der Waals surface area (Å²) >= 11 is 1.31. The monoisotopic (exact) mass is 346 g/mol. The number of carbonyl (C=O) groups excluding carboxylic acids is 1. The number of ether oxygens (including phenoxy) is 2. The van der Waals surface area contributed by atoms with Crippen LogP contribution in [0.2, 0.25) is 0 Å². The molecular weight excluding hydrogens is 332 g/mol. The van der Waals surface area contributed by atoms with Crippen LogP contribution in [0.15, 0.2) is 18.2 Å². The van der Waals surface area contributed by atoms with Gasteiger partial charge in [-0.3, -0.25) is 10.2 Å². The smallest absolute Gasteiger partial charge is 0.326 e. The number of carbonyl (C=O) groups is 1. The highest BCUT2D eigenvalue weighted by molar-refractivity contribution is 8.93. The Hall–Kier alpha value is -1.34. The van der Waals surface area contributed by atoms with Crippen molar-refractivity contribution in [3.8, 4) is 5.75 Å². The molecule has 0 fully saturated rings. The molecule has 5 nitrogen and oxygen atoms in total. The first-order chi connectivity index (χ1) is 8.65. The Kier molecular flexibility index (Phi) is 5.56. The van der Waals surface area contributed by atoms with E-state index in [-0.39, 0.29) is 29.5 Å². The van der Waals surface area contributed by atoms with Crippen LogP contribution >= 0.6 is 28.3 Å². The number of benzene rings is 1. The lowest BCUT2D eigenvalue weighted by Crippen LogP contribution is -2.20. The minimum absolute atomic E-state index is 0. The van der Waals surface area contributed by atoms with Gasteiger partial charge in [-0.25, -0.2) is 0 Å². The molecule has 7 heteroatoms. The van der Waals surface area contributed by atoms with Crippen LogP contribution in [-0.2, 0) is 16.1 Å². The maximum absolute atomic E-state index is 11.5. The summed E-state index contributed by atoms with van der Waals surface area (Å²) in [7, 11) is 1.60. The summed E-state index contributed by atoms with van der Waals surface area (Å²) in [5.41, 5.74) is 0.846. The standard InChI is InChI=1S/C12H14N2O3S.BrH/c1-3-17-11(15)7-14-9-5-4-8(16-2)6-10(9)18-12(14)13;/h4-6,13H,3,7H2,1-2H3;1H. The van der Waals surface area contributed by atoms with Crippen LogP contribution in [0.4, 0.5) is 0 Å². The van der Waals surface area contributed by atoms with E-state index in [2.05, 4.69) is 0 Å². The molecule has 2 aromatic rings. The van der Waals surface area contributed by atoms with Gasteiger partial charge in [0.25, 0.3) is 0 Å². The van der Waals surface area contributed by atoms with Gasteiger partial charge in [0.1, 0.15) is 12.3 Å². The number of hydrogen-bond acceptors (Lipinski definition) is 5. The number of esters is 1. The number of rotatable bonds is 4. The number of nitrogens with one attached hydrogen (secondary N) is 1. The van der Waals surface area contributed by atoms with Gasteiger partial charge in [0, 0.05) is 0 Å². The van der Waals surface area contributed by atoms with E-state index in [4.69, 9.17) is 14.9 Å². The number of halogens is 1. The van der Waals surface area contributed by atoms with Crippen molar-refractivity contribution in [2.75, 3.05) is 13.7 Å². The quantitative estimate of drug-likeness (QED) is 0.864. The first-order valence-electron chi connectivity index (χ1n) is 5.53. The van der Waals surface area contributed by atoms with Crippen LogP contribution in [-0.4, -0.2) is 24.3 Å². The Morgan fingerprint density at radius 1 is 1.47 bits per heavy atom. The molecule has 0 aliphatic heterocycles. The Balaban J connectivity index is 0.00000180. The van der Waals surface area contributed by atoms with Crippen LogP contribution in [0.3, 0.4) is 0 Å². The highest BCUT2D eigenvalue weighted by Crippen LogP contribution is 2.22. The SMILES string of the molecule is Br.CCOC(=O)Cn1c(=N)sc2cc(OC)ccc21. The first kappa shape index (κ1) is 15.7. The third kappa shape index (κ3) is 3.36. The lowest BCUT2D eigenvalue weighted by molar-refractivity contribution is -0.143. The number of hydrogen-bond donors (Lipinski definition) is 1. The van der Waals surface area contributed by atoms with Gasteiger partial charge in [-0.1, -0.05) is 11.3 Å². The van der Waals surface area contributed by atoms with Gasteiger partial charge in [0.05, 0.1) is 23.9 Å². The van der Waals surface area contributed by atoms with Crippen molar-refractivity contribution in [2.24, 2.45) is 0 Å². The van der Waals surface area contributed by atoms with Crippen molar-refractivity contribution < 1.29 is 14.3 Å². The molecule has 0 atom stereocenters. The molecule has 0 saturated carbocycles. The van der Waals surface area contributed by atoms with E-state index in [1.165, 1.54) is 11.3 Å². The summed E-state index contributed by atoms with van der Waals surface area (Å²) in [6.45, 7) is 2.18. The Bertz CT molecular complexity index is 635. The summed E-state index contributed by atoms with van der Waals surface area (Å²) in [6.07, 6.45) is 0. The normalized spacial score (nSPS) is 10.0. The zero-order valence-corrected chi connectivity index (χ0v) is 13.2. The zero-order chi connectivity index (χ0) is 13.1. The number of fused-ring (bicyclic) bond motifs is 1. The average molecular weight is 347 g/mol. The molecule has 0 radical (unpaired) electrons. The van der Waals surface area contributed by atoms with Crippen molar-refractivity contribution >= 4 is 44.5 Å². The van der Waals surface area contributed by atoms with E-state index >= 15 is 0 Å². The predicted octanol–water partition coefficient (Wildman–Crippen LogP) is 2.33. The number of methoxy groups -OCH3 is 1. The van der Waals surface area contributed by atoms with E-state index in [1.54, 1.807) is 18.6 Å². The minimum Gasteiger partial charge on any atom is -0.497 e. The predicted molar refractivity (Wildman–Crippen MR) is 79.2 cm³/mol. The van der Waals surface area contributed by atoms with E-state index in [1.807, 2.05) is 18.2 Å². The van der Waals surface area contributed by atoms with Crippen molar-refractivity contribution in [3.05, 3.63) is 23.0 Å². The molecule has 0 aliphatic rings. The van der Waals surface area contributed by atoms with Gasteiger partial charge in [0.15, 0.2) is 4.80 Å². The van der Waals surface area contributed by atoms with E-state index in [9.17, 15) is 4.79 Å². The zero-order valence-electron chi connectivity index (χ0n) is 10.6. The molecule has 0 amide bonds. The molecule has 0 spiro atoms. The fourth-order valence-electron chi connectivity index (χ4n) is 1.69. The Labute approximate surface area is 125 Å². The number of nitrogens with zero attached hydrogens (tertiary/aromatic N) is 1. The second kappa shape index (κ2) is 6.72. The average Bonchev–Trinajstić information content (AvgIpc) is 2.65.